The van der Waals surface area contributed by atoms with Gasteiger partial charge >= 0.3 is 0 Å². The standard InChI is InChI=1S/C15H14N2OS/c18-15-9-12-8-13(6-7-14(12)17-15)19-16-10-11-4-2-1-3-5-11/h1-8,16H,9-10H2,(H,17,18). The van der Waals surface area contributed by atoms with Crippen molar-refractivity contribution in [2.45, 2.75) is 17.9 Å². The molecule has 0 aromatic heterocycles. The van der Waals surface area contributed by atoms with Crippen molar-refractivity contribution in [3.63, 3.8) is 0 Å². The van der Waals surface area contributed by atoms with Crippen molar-refractivity contribution in [3.05, 3.63) is 59.7 Å². The van der Waals surface area contributed by atoms with E-state index in [0.717, 1.165) is 22.7 Å². The van der Waals surface area contributed by atoms with Gasteiger partial charge in [-0.3, -0.25) is 9.52 Å². The highest BCUT2D eigenvalue weighted by atomic mass is 32.2. The molecule has 0 aliphatic carbocycles. The van der Waals surface area contributed by atoms with E-state index in [1.165, 1.54) is 5.56 Å². The summed E-state index contributed by atoms with van der Waals surface area (Å²) in [6, 6.07) is 16.3. The third-order valence-corrected chi connectivity index (χ3v) is 3.79. The number of fused-ring (bicyclic) bond motifs is 1. The molecule has 0 atom stereocenters. The Morgan fingerprint density at radius 2 is 2.00 bits per heavy atom. The molecular formula is C15H14N2OS. The molecule has 1 aliphatic rings. The average molecular weight is 270 g/mol. The molecule has 96 valence electrons. The van der Waals surface area contributed by atoms with E-state index in [0.29, 0.717) is 6.42 Å². The van der Waals surface area contributed by atoms with Gasteiger partial charge in [0.1, 0.15) is 0 Å². The zero-order valence-electron chi connectivity index (χ0n) is 10.3. The number of benzene rings is 2. The molecular weight excluding hydrogens is 256 g/mol. The lowest BCUT2D eigenvalue weighted by molar-refractivity contribution is -0.115. The third-order valence-electron chi connectivity index (χ3n) is 3.01. The van der Waals surface area contributed by atoms with Crippen LogP contribution in [0.2, 0.25) is 0 Å². The summed E-state index contributed by atoms with van der Waals surface area (Å²) in [6.07, 6.45) is 0.489. The van der Waals surface area contributed by atoms with E-state index in [2.05, 4.69) is 28.2 Å². The number of amides is 1. The molecule has 0 unspecified atom stereocenters. The van der Waals surface area contributed by atoms with E-state index < -0.39 is 0 Å². The van der Waals surface area contributed by atoms with E-state index in [1.807, 2.05) is 30.3 Å². The maximum Gasteiger partial charge on any atom is 0.228 e. The molecule has 0 bridgehead atoms. The highest BCUT2D eigenvalue weighted by Crippen LogP contribution is 2.27. The molecule has 1 aliphatic heterocycles. The van der Waals surface area contributed by atoms with Crippen LogP contribution in [0.15, 0.2) is 53.4 Å². The van der Waals surface area contributed by atoms with Crippen LogP contribution in [0.25, 0.3) is 0 Å². The summed E-state index contributed by atoms with van der Waals surface area (Å²) in [5.41, 5.74) is 3.28. The maximum absolute atomic E-state index is 11.3. The monoisotopic (exact) mass is 270 g/mol. The molecule has 4 heteroatoms. The van der Waals surface area contributed by atoms with E-state index in [-0.39, 0.29) is 5.91 Å². The van der Waals surface area contributed by atoms with Crippen molar-refractivity contribution in [1.82, 2.24) is 4.72 Å². The van der Waals surface area contributed by atoms with Gasteiger partial charge in [0.2, 0.25) is 5.91 Å². The molecule has 3 nitrogen and oxygen atoms in total. The first-order chi connectivity index (χ1) is 9.31. The highest BCUT2D eigenvalue weighted by molar-refractivity contribution is 7.97. The minimum Gasteiger partial charge on any atom is -0.326 e. The van der Waals surface area contributed by atoms with Crippen LogP contribution in [0.1, 0.15) is 11.1 Å². The summed E-state index contributed by atoms with van der Waals surface area (Å²) in [5, 5.41) is 2.84. The van der Waals surface area contributed by atoms with Crippen molar-refractivity contribution in [1.29, 1.82) is 0 Å². The zero-order chi connectivity index (χ0) is 13.1. The van der Waals surface area contributed by atoms with Crippen molar-refractivity contribution in [2.24, 2.45) is 0 Å². The number of rotatable bonds is 4. The zero-order valence-corrected chi connectivity index (χ0v) is 11.2. The fourth-order valence-corrected chi connectivity index (χ4v) is 2.81. The van der Waals surface area contributed by atoms with Crippen LogP contribution in [-0.2, 0) is 17.8 Å². The molecule has 0 spiro atoms. The summed E-state index contributed by atoms with van der Waals surface area (Å²) < 4.78 is 3.33. The smallest absolute Gasteiger partial charge is 0.228 e. The first-order valence-corrected chi connectivity index (χ1v) is 6.99. The van der Waals surface area contributed by atoms with Crippen molar-refractivity contribution < 1.29 is 4.79 Å². The number of nitrogens with one attached hydrogen (secondary N) is 2. The highest BCUT2D eigenvalue weighted by Gasteiger charge is 2.17. The van der Waals surface area contributed by atoms with E-state index in [1.54, 1.807) is 11.9 Å². The predicted octanol–water partition coefficient (Wildman–Crippen LogP) is 2.98. The average Bonchev–Trinajstić information content (AvgIpc) is 2.79. The van der Waals surface area contributed by atoms with E-state index >= 15 is 0 Å². The number of carbonyl (C=O) groups is 1. The van der Waals surface area contributed by atoms with Gasteiger partial charge in [-0.25, -0.2) is 0 Å². The largest absolute Gasteiger partial charge is 0.326 e. The molecule has 2 N–H and O–H groups in total. The second-order valence-electron chi connectivity index (χ2n) is 4.45. The summed E-state index contributed by atoms with van der Waals surface area (Å²) in [5.74, 6) is 0.0781. The molecule has 0 saturated carbocycles. The van der Waals surface area contributed by atoms with Crippen LogP contribution in [-0.4, -0.2) is 5.91 Å². The Hall–Kier alpha value is -1.78. The van der Waals surface area contributed by atoms with Gasteiger partial charge in [-0.2, -0.15) is 0 Å². The molecule has 19 heavy (non-hydrogen) atoms. The SMILES string of the molecule is O=C1Cc2cc(SNCc3ccccc3)ccc2N1. The minimum atomic E-state index is 0.0781. The number of carbonyl (C=O) groups excluding carboxylic acids is 1. The lowest BCUT2D eigenvalue weighted by atomic mass is 10.2. The summed E-state index contributed by atoms with van der Waals surface area (Å²) >= 11 is 1.59. The molecule has 2 aromatic carbocycles. The molecule has 1 amide bonds. The number of anilines is 1. The molecule has 0 saturated heterocycles. The van der Waals surface area contributed by atoms with Crippen LogP contribution in [0.3, 0.4) is 0 Å². The first kappa shape index (κ1) is 12.3. The van der Waals surface area contributed by atoms with Crippen LogP contribution in [0, 0.1) is 0 Å². The van der Waals surface area contributed by atoms with Gasteiger partial charge in [-0.05, 0) is 41.3 Å². The van der Waals surface area contributed by atoms with E-state index in [4.69, 9.17) is 0 Å². The number of hydrogen-bond acceptors (Lipinski definition) is 3. The molecule has 1 heterocycles. The molecule has 0 fully saturated rings. The third kappa shape index (κ3) is 2.97. The van der Waals surface area contributed by atoms with Crippen LogP contribution in [0.5, 0.6) is 0 Å². The van der Waals surface area contributed by atoms with Crippen molar-refractivity contribution >= 4 is 23.5 Å². The van der Waals surface area contributed by atoms with Gasteiger partial charge < -0.3 is 5.32 Å². The molecule has 3 rings (SSSR count). The van der Waals surface area contributed by atoms with Gasteiger partial charge in [0.05, 0.1) is 6.42 Å². The quantitative estimate of drug-likeness (QED) is 0.839. The Kier molecular flexibility index (Phi) is 3.53. The normalized spacial score (nSPS) is 13.2. The Balaban J connectivity index is 1.59. The Morgan fingerprint density at radius 1 is 1.16 bits per heavy atom. The van der Waals surface area contributed by atoms with E-state index in [9.17, 15) is 4.79 Å². The molecule has 0 radical (unpaired) electrons. The summed E-state index contributed by atoms with van der Waals surface area (Å²) in [7, 11) is 0. The second kappa shape index (κ2) is 5.47. The Bertz CT molecular complexity index is 598. The number of hydrogen-bond donors (Lipinski definition) is 2. The Labute approximate surface area is 116 Å². The van der Waals surface area contributed by atoms with Crippen LogP contribution in [0.4, 0.5) is 5.69 Å². The Morgan fingerprint density at radius 3 is 2.84 bits per heavy atom. The van der Waals surface area contributed by atoms with Gasteiger partial charge in [-0.1, -0.05) is 30.3 Å². The van der Waals surface area contributed by atoms with Crippen molar-refractivity contribution in [2.75, 3.05) is 5.32 Å². The molecule has 2 aromatic rings. The summed E-state index contributed by atoms with van der Waals surface area (Å²) in [4.78, 5) is 12.4. The fourth-order valence-electron chi connectivity index (χ4n) is 2.07. The van der Waals surface area contributed by atoms with Crippen LogP contribution < -0.4 is 10.0 Å². The van der Waals surface area contributed by atoms with Gasteiger partial charge in [0, 0.05) is 17.1 Å². The van der Waals surface area contributed by atoms with Gasteiger partial charge in [0.25, 0.3) is 0 Å². The fraction of sp³-hybridized carbons (Fsp3) is 0.133. The van der Waals surface area contributed by atoms with Gasteiger partial charge in [-0.15, -0.1) is 0 Å². The second-order valence-corrected chi connectivity index (χ2v) is 5.42. The minimum absolute atomic E-state index is 0.0781. The summed E-state index contributed by atoms with van der Waals surface area (Å²) in [6.45, 7) is 0.819. The van der Waals surface area contributed by atoms with Crippen LogP contribution >= 0.6 is 11.9 Å². The first-order valence-electron chi connectivity index (χ1n) is 6.18. The lowest BCUT2D eigenvalue weighted by Crippen LogP contribution is -2.03. The topological polar surface area (TPSA) is 41.1 Å². The predicted molar refractivity (Wildman–Crippen MR) is 77.9 cm³/mol. The maximum atomic E-state index is 11.3. The van der Waals surface area contributed by atoms with Crippen molar-refractivity contribution in [3.8, 4) is 0 Å². The lowest BCUT2D eigenvalue weighted by Gasteiger charge is -2.06. The van der Waals surface area contributed by atoms with Gasteiger partial charge in [0.15, 0.2) is 0 Å².